The lowest BCUT2D eigenvalue weighted by atomic mass is 9.88. The lowest BCUT2D eigenvalue weighted by Crippen LogP contribution is -2.39. The van der Waals surface area contributed by atoms with Gasteiger partial charge in [-0.05, 0) is 38.9 Å². The summed E-state index contributed by atoms with van der Waals surface area (Å²) in [5, 5.41) is 3.16. The van der Waals surface area contributed by atoms with Crippen LogP contribution in [0.25, 0.3) is 0 Å². The number of nitrogens with one attached hydrogen (secondary N) is 1. The molecule has 2 rings (SSSR count). The molecule has 0 aliphatic carbocycles. The number of likely N-dealkylation sites (N-methyl/N-ethyl adjacent to an activating group) is 1. The van der Waals surface area contributed by atoms with Crippen LogP contribution in [0.1, 0.15) is 18.9 Å². The summed E-state index contributed by atoms with van der Waals surface area (Å²) in [6.45, 7) is 2.74. The minimum absolute atomic E-state index is 0.0360. The van der Waals surface area contributed by atoms with E-state index >= 15 is 0 Å². The highest BCUT2D eigenvalue weighted by molar-refractivity contribution is 5.21. The van der Waals surface area contributed by atoms with E-state index in [0.29, 0.717) is 12.3 Å². The van der Waals surface area contributed by atoms with Crippen molar-refractivity contribution in [1.29, 1.82) is 0 Å². The lowest BCUT2D eigenvalue weighted by Gasteiger charge is -2.25. The molecule has 1 saturated heterocycles. The molecule has 2 nitrogen and oxygen atoms in total. The summed E-state index contributed by atoms with van der Waals surface area (Å²) in [4.78, 5) is 0. The Labute approximate surface area is 106 Å². The summed E-state index contributed by atoms with van der Waals surface area (Å²) in [6, 6.07) is 4.04. The maximum atomic E-state index is 13.6. The van der Waals surface area contributed by atoms with Gasteiger partial charge in [0, 0.05) is 24.1 Å². The molecule has 1 N–H and O–H groups in total. The molecule has 4 heteroatoms. The Morgan fingerprint density at radius 3 is 2.56 bits per heavy atom. The van der Waals surface area contributed by atoms with E-state index in [-0.39, 0.29) is 17.7 Å². The predicted octanol–water partition coefficient (Wildman–Crippen LogP) is 2.52. The van der Waals surface area contributed by atoms with Crippen LogP contribution in [-0.4, -0.2) is 25.8 Å². The quantitative estimate of drug-likeness (QED) is 0.892. The zero-order valence-corrected chi connectivity index (χ0v) is 10.7. The van der Waals surface area contributed by atoms with Crippen molar-refractivity contribution >= 4 is 0 Å². The molecule has 3 atom stereocenters. The monoisotopic (exact) mass is 255 g/mol. The van der Waals surface area contributed by atoms with Crippen molar-refractivity contribution < 1.29 is 13.5 Å². The molecular formula is C14H19F2NO. The Balaban J connectivity index is 2.15. The van der Waals surface area contributed by atoms with Gasteiger partial charge in [0.25, 0.3) is 0 Å². The van der Waals surface area contributed by atoms with Crippen molar-refractivity contribution in [3.05, 3.63) is 35.4 Å². The second-order valence-electron chi connectivity index (χ2n) is 4.83. The van der Waals surface area contributed by atoms with Gasteiger partial charge in [0.2, 0.25) is 0 Å². The fraction of sp³-hybridized carbons (Fsp3) is 0.571. The zero-order chi connectivity index (χ0) is 13.1. The van der Waals surface area contributed by atoms with Gasteiger partial charge in [-0.1, -0.05) is 6.07 Å². The summed E-state index contributed by atoms with van der Waals surface area (Å²) in [5.74, 6) is -0.641. The van der Waals surface area contributed by atoms with E-state index in [1.807, 2.05) is 14.0 Å². The molecule has 0 spiro atoms. The summed E-state index contributed by atoms with van der Waals surface area (Å²) in [6.07, 6.45) is 1.42. The van der Waals surface area contributed by atoms with E-state index in [0.717, 1.165) is 13.0 Å². The van der Waals surface area contributed by atoms with Gasteiger partial charge >= 0.3 is 0 Å². The van der Waals surface area contributed by atoms with Gasteiger partial charge in [0.1, 0.15) is 11.6 Å². The minimum Gasteiger partial charge on any atom is -0.378 e. The third-order valence-electron chi connectivity index (χ3n) is 3.81. The lowest BCUT2D eigenvalue weighted by molar-refractivity contribution is 0.0961. The molecule has 1 aromatic rings. The van der Waals surface area contributed by atoms with Crippen molar-refractivity contribution in [2.24, 2.45) is 5.92 Å². The molecule has 1 aliphatic heterocycles. The van der Waals surface area contributed by atoms with Gasteiger partial charge < -0.3 is 10.1 Å². The minimum atomic E-state index is -0.471. The molecule has 1 fully saturated rings. The first-order valence-corrected chi connectivity index (χ1v) is 6.35. The molecule has 0 radical (unpaired) electrons. The van der Waals surface area contributed by atoms with Gasteiger partial charge in [0.15, 0.2) is 0 Å². The molecule has 0 saturated carbocycles. The average molecular weight is 255 g/mol. The van der Waals surface area contributed by atoms with Gasteiger partial charge in [0.05, 0.1) is 6.10 Å². The summed E-state index contributed by atoms with van der Waals surface area (Å²) in [5.41, 5.74) is 0.163. The molecule has 18 heavy (non-hydrogen) atoms. The van der Waals surface area contributed by atoms with Crippen LogP contribution in [0.15, 0.2) is 18.2 Å². The smallest absolute Gasteiger partial charge is 0.129 e. The van der Waals surface area contributed by atoms with E-state index in [9.17, 15) is 8.78 Å². The van der Waals surface area contributed by atoms with Crippen LogP contribution in [0.4, 0.5) is 8.78 Å². The van der Waals surface area contributed by atoms with E-state index in [1.165, 1.54) is 18.2 Å². The number of hydrogen-bond donors (Lipinski definition) is 1. The van der Waals surface area contributed by atoms with Crippen LogP contribution in [0.5, 0.6) is 0 Å². The Morgan fingerprint density at radius 1 is 1.39 bits per heavy atom. The van der Waals surface area contributed by atoms with Gasteiger partial charge in [-0.2, -0.15) is 0 Å². The predicted molar refractivity (Wildman–Crippen MR) is 66.4 cm³/mol. The van der Waals surface area contributed by atoms with Crippen molar-refractivity contribution in [3.8, 4) is 0 Å². The first-order chi connectivity index (χ1) is 8.63. The fourth-order valence-electron chi connectivity index (χ4n) is 2.69. The van der Waals surface area contributed by atoms with Crippen LogP contribution in [-0.2, 0) is 11.2 Å². The Morgan fingerprint density at radius 2 is 2.06 bits per heavy atom. The van der Waals surface area contributed by atoms with Crippen molar-refractivity contribution in [2.45, 2.75) is 31.9 Å². The number of halogens is 2. The molecule has 0 amide bonds. The fourth-order valence-corrected chi connectivity index (χ4v) is 2.69. The van der Waals surface area contributed by atoms with Crippen molar-refractivity contribution in [3.63, 3.8) is 0 Å². The van der Waals surface area contributed by atoms with Crippen molar-refractivity contribution in [2.75, 3.05) is 13.7 Å². The second kappa shape index (κ2) is 5.76. The number of benzene rings is 1. The number of rotatable bonds is 4. The van der Waals surface area contributed by atoms with E-state index in [4.69, 9.17) is 4.74 Å². The summed E-state index contributed by atoms with van der Waals surface area (Å²) in [7, 11) is 1.83. The molecule has 1 aliphatic rings. The zero-order valence-electron chi connectivity index (χ0n) is 10.7. The van der Waals surface area contributed by atoms with Crippen molar-refractivity contribution in [1.82, 2.24) is 5.32 Å². The van der Waals surface area contributed by atoms with Crippen LogP contribution < -0.4 is 5.32 Å². The number of hydrogen-bond acceptors (Lipinski definition) is 2. The largest absolute Gasteiger partial charge is 0.378 e. The second-order valence-corrected chi connectivity index (χ2v) is 4.83. The summed E-state index contributed by atoms with van der Waals surface area (Å²) >= 11 is 0. The van der Waals surface area contributed by atoms with Gasteiger partial charge in [-0.15, -0.1) is 0 Å². The third-order valence-corrected chi connectivity index (χ3v) is 3.81. The highest BCUT2D eigenvalue weighted by atomic mass is 19.1. The van der Waals surface area contributed by atoms with Crippen LogP contribution >= 0.6 is 0 Å². The standard InChI is InChI=1S/C14H19F2NO/c1-9-10(6-7-18-9)14(17-2)8-11-12(15)4-3-5-13(11)16/h3-5,9-10,14,17H,6-8H2,1-2H3. The third kappa shape index (κ3) is 2.70. The van der Waals surface area contributed by atoms with E-state index < -0.39 is 11.6 Å². The highest BCUT2D eigenvalue weighted by Crippen LogP contribution is 2.27. The van der Waals surface area contributed by atoms with Gasteiger partial charge in [-0.3, -0.25) is 0 Å². The van der Waals surface area contributed by atoms with Crippen LogP contribution in [0, 0.1) is 17.6 Å². The summed E-state index contributed by atoms with van der Waals surface area (Å²) < 4.78 is 32.8. The van der Waals surface area contributed by atoms with Gasteiger partial charge in [-0.25, -0.2) is 8.78 Å². The average Bonchev–Trinajstić information content (AvgIpc) is 2.76. The Kier molecular flexibility index (Phi) is 4.30. The molecule has 1 heterocycles. The Hall–Kier alpha value is -1.00. The molecule has 0 aromatic heterocycles. The highest BCUT2D eigenvalue weighted by Gasteiger charge is 2.32. The SMILES string of the molecule is CNC(Cc1c(F)cccc1F)C1CCOC1C. The Bertz CT molecular complexity index is 391. The maximum Gasteiger partial charge on any atom is 0.129 e. The van der Waals surface area contributed by atoms with E-state index in [1.54, 1.807) is 0 Å². The van der Waals surface area contributed by atoms with E-state index in [2.05, 4.69) is 5.32 Å². The maximum absolute atomic E-state index is 13.6. The normalized spacial score (nSPS) is 25.3. The molecule has 1 aromatic carbocycles. The number of ether oxygens (including phenoxy) is 1. The topological polar surface area (TPSA) is 21.3 Å². The molecule has 100 valence electrons. The molecular weight excluding hydrogens is 236 g/mol. The van der Waals surface area contributed by atoms with Crippen LogP contribution in [0.3, 0.4) is 0 Å². The van der Waals surface area contributed by atoms with Crippen LogP contribution in [0.2, 0.25) is 0 Å². The molecule has 0 bridgehead atoms. The molecule has 3 unspecified atom stereocenters. The first kappa shape index (κ1) is 13.4. The first-order valence-electron chi connectivity index (χ1n) is 6.35.